The Labute approximate surface area is 147 Å². The standard InChI is InChI=1S/C19H22ClNO3/c1-4-23-17-9-5-15(6-10-17)13(2)21-19(22)14(3)24-18-11-7-16(20)8-12-18/h5-14H,4H2,1-3H3,(H,21,22)/t13-,14-/m0/s1. The van der Waals surface area contributed by atoms with Crippen LogP contribution in [0.5, 0.6) is 11.5 Å². The summed E-state index contributed by atoms with van der Waals surface area (Å²) in [6.45, 7) is 6.22. The second-order valence-corrected chi connectivity index (χ2v) is 5.88. The molecule has 1 N–H and O–H groups in total. The van der Waals surface area contributed by atoms with Gasteiger partial charge in [0.1, 0.15) is 11.5 Å². The van der Waals surface area contributed by atoms with Crippen molar-refractivity contribution < 1.29 is 14.3 Å². The van der Waals surface area contributed by atoms with Crippen molar-refractivity contribution in [3.63, 3.8) is 0 Å². The van der Waals surface area contributed by atoms with E-state index in [1.54, 1.807) is 31.2 Å². The van der Waals surface area contributed by atoms with Gasteiger partial charge in [0.2, 0.25) is 0 Å². The molecule has 24 heavy (non-hydrogen) atoms. The van der Waals surface area contributed by atoms with Crippen molar-refractivity contribution in [1.82, 2.24) is 5.32 Å². The van der Waals surface area contributed by atoms with Gasteiger partial charge in [-0.3, -0.25) is 4.79 Å². The Morgan fingerprint density at radius 2 is 1.62 bits per heavy atom. The van der Waals surface area contributed by atoms with Crippen LogP contribution >= 0.6 is 11.6 Å². The van der Waals surface area contributed by atoms with Crippen LogP contribution < -0.4 is 14.8 Å². The highest BCUT2D eigenvalue weighted by Gasteiger charge is 2.17. The van der Waals surface area contributed by atoms with Crippen LogP contribution in [0.15, 0.2) is 48.5 Å². The third kappa shape index (κ3) is 5.17. The number of ether oxygens (including phenoxy) is 2. The van der Waals surface area contributed by atoms with E-state index in [1.165, 1.54) is 0 Å². The fourth-order valence-electron chi connectivity index (χ4n) is 2.20. The maximum atomic E-state index is 12.3. The first-order valence-electron chi connectivity index (χ1n) is 7.95. The van der Waals surface area contributed by atoms with Crippen LogP contribution in [0.3, 0.4) is 0 Å². The molecule has 2 atom stereocenters. The van der Waals surface area contributed by atoms with Gasteiger partial charge in [0.15, 0.2) is 6.10 Å². The molecule has 128 valence electrons. The second-order valence-electron chi connectivity index (χ2n) is 5.45. The maximum Gasteiger partial charge on any atom is 0.261 e. The van der Waals surface area contributed by atoms with Gasteiger partial charge in [-0.05, 0) is 62.7 Å². The summed E-state index contributed by atoms with van der Waals surface area (Å²) in [5.41, 5.74) is 1.01. The molecule has 0 aliphatic carbocycles. The molecule has 0 aliphatic rings. The van der Waals surface area contributed by atoms with Crippen molar-refractivity contribution in [2.24, 2.45) is 0 Å². The summed E-state index contributed by atoms with van der Waals surface area (Å²) in [6, 6.07) is 14.5. The molecule has 0 saturated carbocycles. The average molecular weight is 348 g/mol. The van der Waals surface area contributed by atoms with E-state index in [1.807, 2.05) is 38.1 Å². The fraction of sp³-hybridized carbons (Fsp3) is 0.316. The van der Waals surface area contributed by atoms with E-state index >= 15 is 0 Å². The molecule has 5 heteroatoms. The number of benzene rings is 2. The molecular weight excluding hydrogens is 326 g/mol. The van der Waals surface area contributed by atoms with Gasteiger partial charge in [0.05, 0.1) is 12.6 Å². The molecule has 0 saturated heterocycles. The normalized spacial score (nSPS) is 13.0. The number of amides is 1. The third-order valence-electron chi connectivity index (χ3n) is 3.55. The lowest BCUT2D eigenvalue weighted by molar-refractivity contribution is -0.127. The van der Waals surface area contributed by atoms with Crippen molar-refractivity contribution in [3.8, 4) is 11.5 Å². The van der Waals surface area contributed by atoms with Gasteiger partial charge >= 0.3 is 0 Å². The highest BCUT2D eigenvalue weighted by molar-refractivity contribution is 6.30. The number of hydrogen-bond acceptors (Lipinski definition) is 3. The topological polar surface area (TPSA) is 47.6 Å². The first kappa shape index (κ1) is 18.1. The molecule has 0 bridgehead atoms. The highest BCUT2D eigenvalue weighted by atomic mass is 35.5. The number of carbonyl (C=O) groups is 1. The summed E-state index contributed by atoms with van der Waals surface area (Å²) in [5.74, 6) is 1.25. The zero-order valence-corrected chi connectivity index (χ0v) is 14.8. The molecule has 0 unspecified atom stereocenters. The lowest BCUT2D eigenvalue weighted by Gasteiger charge is -2.19. The minimum absolute atomic E-state index is 0.121. The van der Waals surface area contributed by atoms with Crippen LogP contribution in [0.25, 0.3) is 0 Å². The van der Waals surface area contributed by atoms with Crippen LogP contribution in [0.4, 0.5) is 0 Å². The van der Waals surface area contributed by atoms with Gasteiger partial charge in [-0.2, -0.15) is 0 Å². The third-order valence-corrected chi connectivity index (χ3v) is 3.80. The van der Waals surface area contributed by atoms with E-state index < -0.39 is 6.10 Å². The molecular formula is C19H22ClNO3. The average Bonchev–Trinajstić information content (AvgIpc) is 2.57. The fourth-order valence-corrected chi connectivity index (χ4v) is 2.33. The minimum atomic E-state index is -0.601. The lowest BCUT2D eigenvalue weighted by atomic mass is 10.1. The Kier molecular flexibility index (Phi) is 6.50. The van der Waals surface area contributed by atoms with E-state index in [9.17, 15) is 4.79 Å². The zero-order chi connectivity index (χ0) is 17.5. The monoisotopic (exact) mass is 347 g/mol. The largest absolute Gasteiger partial charge is 0.494 e. The van der Waals surface area contributed by atoms with Gasteiger partial charge in [-0.25, -0.2) is 0 Å². The van der Waals surface area contributed by atoms with Crippen molar-refractivity contribution >= 4 is 17.5 Å². The smallest absolute Gasteiger partial charge is 0.261 e. The van der Waals surface area contributed by atoms with E-state index in [-0.39, 0.29) is 11.9 Å². The first-order chi connectivity index (χ1) is 11.5. The Balaban J connectivity index is 1.91. The van der Waals surface area contributed by atoms with Gasteiger partial charge in [0.25, 0.3) is 5.91 Å². The van der Waals surface area contributed by atoms with E-state index in [4.69, 9.17) is 21.1 Å². The van der Waals surface area contributed by atoms with Crippen molar-refractivity contribution in [2.45, 2.75) is 32.9 Å². The van der Waals surface area contributed by atoms with E-state index in [2.05, 4.69) is 5.32 Å². The quantitative estimate of drug-likeness (QED) is 0.808. The van der Waals surface area contributed by atoms with Crippen LogP contribution in [0.1, 0.15) is 32.4 Å². The van der Waals surface area contributed by atoms with Crippen molar-refractivity contribution in [1.29, 1.82) is 0 Å². The number of carbonyl (C=O) groups excluding carboxylic acids is 1. The zero-order valence-electron chi connectivity index (χ0n) is 14.1. The Hall–Kier alpha value is -2.20. The summed E-state index contributed by atoms with van der Waals surface area (Å²) >= 11 is 5.83. The molecule has 2 aromatic carbocycles. The lowest BCUT2D eigenvalue weighted by Crippen LogP contribution is -2.37. The Morgan fingerprint density at radius 1 is 1.04 bits per heavy atom. The summed E-state index contributed by atoms with van der Waals surface area (Å²) in [6.07, 6.45) is -0.601. The highest BCUT2D eigenvalue weighted by Crippen LogP contribution is 2.19. The number of nitrogens with one attached hydrogen (secondary N) is 1. The molecule has 1 amide bonds. The summed E-state index contributed by atoms with van der Waals surface area (Å²) < 4.78 is 11.0. The maximum absolute atomic E-state index is 12.3. The molecule has 2 aromatic rings. The molecule has 0 heterocycles. The van der Waals surface area contributed by atoms with E-state index in [0.29, 0.717) is 17.4 Å². The molecule has 0 aromatic heterocycles. The number of rotatable bonds is 7. The molecule has 4 nitrogen and oxygen atoms in total. The first-order valence-corrected chi connectivity index (χ1v) is 8.32. The van der Waals surface area contributed by atoms with Crippen LogP contribution in [0, 0.1) is 0 Å². The van der Waals surface area contributed by atoms with Gasteiger partial charge in [0, 0.05) is 5.02 Å². The van der Waals surface area contributed by atoms with Gasteiger partial charge in [-0.15, -0.1) is 0 Å². The predicted octanol–water partition coefficient (Wildman–Crippen LogP) is 4.38. The molecule has 0 spiro atoms. The molecule has 0 aliphatic heterocycles. The van der Waals surface area contributed by atoms with Crippen LogP contribution in [0.2, 0.25) is 5.02 Å². The summed E-state index contributed by atoms with van der Waals surface area (Å²) in [7, 11) is 0. The van der Waals surface area contributed by atoms with Crippen molar-refractivity contribution in [2.75, 3.05) is 6.61 Å². The Bertz CT molecular complexity index is 655. The van der Waals surface area contributed by atoms with Crippen LogP contribution in [-0.2, 0) is 4.79 Å². The van der Waals surface area contributed by atoms with Gasteiger partial charge < -0.3 is 14.8 Å². The number of halogens is 1. The minimum Gasteiger partial charge on any atom is -0.494 e. The van der Waals surface area contributed by atoms with E-state index in [0.717, 1.165) is 11.3 Å². The molecule has 2 rings (SSSR count). The predicted molar refractivity (Wildman–Crippen MR) is 95.7 cm³/mol. The number of hydrogen-bond donors (Lipinski definition) is 1. The van der Waals surface area contributed by atoms with Crippen LogP contribution in [-0.4, -0.2) is 18.6 Å². The van der Waals surface area contributed by atoms with Crippen molar-refractivity contribution in [3.05, 3.63) is 59.1 Å². The summed E-state index contributed by atoms with van der Waals surface area (Å²) in [5, 5.41) is 3.58. The second kappa shape index (κ2) is 8.60. The Morgan fingerprint density at radius 3 is 2.21 bits per heavy atom. The summed E-state index contributed by atoms with van der Waals surface area (Å²) in [4.78, 5) is 12.3. The SMILES string of the molecule is CCOc1ccc([C@H](C)NC(=O)[C@H](C)Oc2ccc(Cl)cc2)cc1. The van der Waals surface area contributed by atoms with Gasteiger partial charge in [-0.1, -0.05) is 23.7 Å². The molecule has 0 radical (unpaired) electrons. The molecule has 0 fully saturated rings.